The Kier molecular flexibility index (Phi) is 4.45. The zero-order chi connectivity index (χ0) is 13.8. The first-order valence-electron chi connectivity index (χ1n) is 5.50. The van der Waals surface area contributed by atoms with Crippen LogP contribution >= 0.6 is 27.5 Å². The van der Waals surface area contributed by atoms with Crippen molar-refractivity contribution in [1.29, 1.82) is 0 Å². The predicted molar refractivity (Wildman–Crippen MR) is 80.1 cm³/mol. The molecule has 1 amide bonds. The SMILES string of the molecule is COc1cccc(C(=O)Nc2ccc(Br)c(Cl)c2)c1. The van der Waals surface area contributed by atoms with Gasteiger partial charge in [0.25, 0.3) is 5.91 Å². The number of rotatable bonds is 3. The first-order valence-corrected chi connectivity index (χ1v) is 6.67. The molecule has 0 heterocycles. The normalized spacial score (nSPS) is 10.1. The Bertz CT molecular complexity index is 616. The van der Waals surface area contributed by atoms with Gasteiger partial charge in [-0.15, -0.1) is 0 Å². The molecule has 0 bridgehead atoms. The van der Waals surface area contributed by atoms with E-state index < -0.39 is 0 Å². The maximum absolute atomic E-state index is 12.1. The maximum Gasteiger partial charge on any atom is 0.255 e. The van der Waals surface area contributed by atoms with Crippen LogP contribution < -0.4 is 10.1 Å². The van der Waals surface area contributed by atoms with Crippen molar-refractivity contribution < 1.29 is 9.53 Å². The first-order chi connectivity index (χ1) is 9.10. The van der Waals surface area contributed by atoms with Crippen LogP contribution in [0.5, 0.6) is 5.75 Å². The third-order valence-corrected chi connectivity index (χ3v) is 3.74. The van der Waals surface area contributed by atoms with Crippen molar-refractivity contribution in [3.8, 4) is 5.75 Å². The third kappa shape index (κ3) is 3.49. The molecule has 2 rings (SSSR count). The first kappa shape index (κ1) is 13.9. The molecule has 0 atom stereocenters. The number of carbonyl (C=O) groups is 1. The van der Waals surface area contributed by atoms with Gasteiger partial charge in [0, 0.05) is 15.7 Å². The monoisotopic (exact) mass is 339 g/mol. The number of amides is 1. The summed E-state index contributed by atoms with van der Waals surface area (Å²) in [4.78, 5) is 12.1. The van der Waals surface area contributed by atoms with E-state index in [1.807, 2.05) is 0 Å². The standard InChI is InChI=1S/C14H11BrClNO2/c1-19-11-4-2-3-9(7-11)14(18)17-10-5-6-12(15)13(16)8-10/h2-8H,1H3,(H,17,18). The summed E-state index contributed by atoms with van der Waals surface area (Å²) in [5.41, 5.74) is 1.17. The Morgan fingerprint density at radius 2 is 2.05 bits per heavy atom. The van der Waals surface area contributed by atoms with E-state index in [0.717, 1.165) is 4.47 Å². The lowest BCUT2D eigenvalue weighted by molar-refractivity contribution is 0.102. The second-order valence-corrected chi connectivity index (χ2v) is 5.08. The summed E-state index contributed by atoms with van der Waals surface area (Å²) in [6.07, 6.45) is 0. The van der Waals surface area contributed by atoms with Gasteiger partial charge in [0.05, 0.1) is 12.1 Å². The van der Waals surface area contributed by atoms with E-state index in [-0.39, 0.29) is 5.91 Å². The van der Waals surface area contributed by atoms with Gasteiger partial charge in [0.1, 0.15) is 5.75 Å². The number of anilines is 1. The molecule has 2 aromatic rings. The molecule has 2 aromatic carbocycles. The Morgan fingerprint density at radius 1 is 1.26 bits per heavy atom. The van der Waals surface area contributed by atoms with E-state index in [1.54, 1.807) is 49.6 Å². The fraction of sp³-hybridized carbons (Fsp3) is 0.0714. The average molecular weight is 341 g/mol. The number of methoxy groups -OCH3 is 1. The van der Waals surface area contributed by atoms with Crippen molar-refractivity contribution in [2.45, 2.75) is 0 Å². The molecule has 1 N–H and O–H groups in total. The van der Waals surface area contributed by atoms with E-state index in [0.29, 0.717) is 22.0 Å². The summed E-state index contributed by atoms with van der Waals surface area (Å²) < 4.78 is 5.87. The summed E-state index contributed by atoms with van der Waals surface area (Å²) in [6, 6.07) is 12.2. The highest BCUT2D eigenvalue weighted by molar-refractivity contribution is 9.10. The van der Waals surface area contributed by atoms with Crippen LogP contribution in [0.15, 0.2) is 46.9 Å². The number of ether oxygens (including phenoxy) is 1. The van der Waals surface area contributed by atoms with Gasteiger partial charge in [0.15, 0.2) is 0 Å². The zero-order valence-electron chi connectivity index (χ0n) is 10.1. The topological polar surface area (TPSA) is 38.3 Å². The second-order valence-electron chi connectivity index (χ2n) is 3.81. The lowest BCUT2D eigenvalue weighted by Crippen LogP contribution is -2.11. The summed E-state index contributed by atoms with van der Waals surface area (Å²) in [7, 11) is 1.56. The van der Waals surface area contributed by atoms with Gasteiger partial charge >= 0.3 is 0 Å². The summed E-state index contributed by atoms with van der Waals surface area (Å²) in [5, 5.41) is 3.32. The molecule has 0 unspecified atom stereocenters. The Labute approximate surface area is 124 Å². The molecule has 0 radical (unpaired) electrons. The summed E-state index contributed by atoms with van der Waals surface area (Å²) >= 11 is 9.27. The molecule has 5 heteroatoms. The van der Waals surface area contributed by atoms with E-state index >= 15 is 0 Å². The third-order valence-electron chi connectivity index (χ3n) is 2.51. The highest BCUT2D eigenvalue weighted by Crippen LogP contribution is 2.26. The number of carbonyl (C=O) groups excluding carboxylic acids is 1. The van der Waals surface area contributed by atoms with E-state index in [4.69, 9.17) is 16.3 Å². The van der Waals surface area contributed by atoms with Gasteiger partial charge in [-0.05, 0) is 52.3 Å². The molecule has 0 saturated heterocycles. The van der Waals surface area contributed by atoms with Crippen molar-refractivity contribution in [3.63, 3.8) is 0 Å². The van der Waals surface area contributed by atoms with Gasteiger partial charge in [-0.2, -0.15) is 0 Å². The van der Waals surface area contributed by atoms with Crippen molar-refractivity contribution >= 4 is 39.1 Å². The Hall–Kier alpha value is -1.52. The quantitative estimate of drug-likeness (QED) is 0.901. The minimum atomic E-state index is -0.211. The molecule has 0 saturated carbocycles. The lowest BCUT2D eigenvalue weighted by Gasteiger charge is -2.07. The number of benzene rings is 2. The minimum absolute atomic E-state index is 0.211. The largest absolute Gasteiger partial charge is 0.497 e. The van der Waals surface area contributed by atoms with E-state index in [9.17, 15) is 4.79 Å². The second kappa shape index (κ2) is 6.08. The molecule has 0 aliphatic rings. The van der Waals surface area contributed by atoms with Crippen molar-refractivity contribution in [3.05, 3.63) is 57.5 Å². The van der Waals surface area contributed by atoms with Crippen LogP contribution in [0.4, 0.5) is 5.69 Å². The number of hydrogen-bond donors (Lipinski definition) is 1. The molecular weight excluding hydrogens is 330 g/mol. The molecule has 0 spiro atoms. The highest BCUT2D eigenvalue weighted by Gasteiger charge is 2.08. The van der Waals surface area contributed by atoms with Crippen LogP contribution in [0.25, 0.3) is 0 Å². The van der Waals surface area contributed by atoms with Crippen molar-refractivity contribution in [2.75, 3.05) is 12.4 Å². The van der Waals surface area contributed by atoms with Gasteiger partial charge in [-0.25, -0.2) is 0 Å². The van der Waals surface area contributed by atoms with E-state index in [1.165, 1.54) is 0 Å². The van der Waals surface area contributed by atoms with Crippen LogP contribution in [0.3, 0.4) is 0 Å². The molecule has 3 nitrogen and oxygen atoms in total. The van der Waals surface area contributed by atoms with Crippen molar-refractivity contribution in [2.24, 2.45) is 0 Å². The summed E-state index contributed by atoms with van der Waals surface area (Å²) in [6.45, 7) is 0. The van der Waals surface area contributed by atoms with Crippen LogP contribution in [0.1, 0.15) is 10.4 Å². The van der Waals surface area contributed by atoms with Crippen LogP contribution in [0.2, 0.25) is 5.02 Å². The molecule has 0 aliphatic carbocycles. The van der Waals surface area contributed by atoms with Crippen molar-refractivity contribution in [1.82, 2.24) is 0 Å². The molecule has 0 fully saturated rings. The van der Waals surface area contributed by atoms with Crippen LogP contribution in [0, 0.1) is 0 Å². The predicted octanol–water partition coefficient (Wildman–Crippen LogP) is 4.36. The van der Waals surface area contributed by atoms with Crippen LogP contribution in [-0.2, 0) is 0 Å². The number of hydrogen-bond acceptors (Lipinski definition) is 2. The number of halogens is 2. The van der Waals surface area contributed by atoms with Gasteiger partial charge < -0.3 is 10.1 Å². The number of nitrogens with one attached hydrogen (secondary N) is 1. The van der Waals surface area contributed by atoms with E-state index in [2.05, 4.69) is 21.2 Å². The Balaban J connectivity index is 2.18. The van der Waals surface area contributed by atoms with Gasteiger partial charge in [-0.3, -0.25) is 4.79 Å². The smallest absolute Gasteiger partial charge is 0.255 e. The fourth-order valence-corrected chi connectivity index (χ4v) is 1.97. The highest BCUT2D eigenvalue weighted by atomic mass is 79.9. The Morgan fingerprint density at radius 3 is 2.74 bits per heavy atom. The average Bonchev–Trinajstić information content (AvgIpc) is 2.43. The lowest BCUT2D eigenvalue weighted by atomic mass is 10.2. The van der Waals surface area contributed by atoms with Crippen LogP contribution in [-0.4, -0.2) is 13.0 Å². The van der Waals surface area contributed by atoms with Gasteiger partial charge in [-0.1, -0.05) is 17.7 Å². The van der Waals surface area contributed by atoms with Gasteiger partial charge in [0.2, 0.25) is 0 Å². The molecule has 0 aromatic heterocycles. The zero-order valence-corrected chi connectivity index (χ0v) is 12.5. The molecule has 19 heavy (non-hydrogen) atoms. The summed E-state index contributed by atoms with van der Waals surface area (Å²) in [5.74, 6) is 0.429. The molecule has 0 aliphatic heterocycles. The molecule has 98 valence electrons. The fourth-order valence-electron chi connectivity index (χ4n) is 1.54. The molecular formula is C14H11BrClNO2. The maximum atomic E-state index is 12.1. The minimum Gasteiger partial charge on any atom is -0.497 e.